The van der Waals surface area contributed by atoms with Crippen molar-refractivity contribution in [2.24, 2.45) is 5.92 Å². The van der Waals surface area contributed by atoms with E-state index >= 15 is 0 Å². The summed E-state index contributed by atoms with van der Waals surface area (Å²) < 4.78 is 4.95. The third-order valence-electron chi connectivity index (χ3n) is 3.69. The van der Waals surface area contributed by atoms with E-state index < -0.39 is 0 Å². The van der Waals surface area contributed by atoms with Gasteiger partial charge >= 0.3 is 5.97 Å². The first-order valence-corrected chi connectivity index (χ1v) is 7.27. The zero-order valence-corrected chi connectivity index (χ0v) is 12.3. The summed E-state index contributed by atoms with van der Waals surface area (Å²) in [4.78, 5) is 18.2. The minimum Gasteiger partial charge on any atom is -0.462 e. The van der Waals surface area contributed by atoms with Crippen LogP contribution in [-0.2, 0) is 4.74 Å². The van der Waals surface area contributed by atoms with Gasteiger partial charge in [0.05, 0.1) is 12.2 Å². The van der Waals surface area contributed by atoms with Crippen LogP contribution < -0.4 is 10.2 Å². The molecule has 5 heteroatoms. The first-order chi connectivity index (χ1) is 9.74. The molecule has 110 valence electrons. The largest absolute Gasteiger partial charge is 0.462 e. The first kappa shape index (κ1) is 14.8. The lowest BCUT2D eigenvalue weighted by Gasteiger charge is -2.32. The van der Waals surface area contributed by atoms with Crippen LogP contribution in [0.1, 0.15) is 30.1 Å². The van der Waals surface area contributed by atoms with E-state index in [2.05, 4.69) is 15.2 Å². The van der Waals surface area contributed by atoms with Crippen LogP contribution in [0.3, 0.4) is 0 Å². The average molecular weight is 277 g/mol. The number of piperidine rings is 1. The number of carbonyl (C=O) groups is 1. The predicted octanol–water partition coefficient (Wildman–Crippen LogP) is 1.69. The molecule has 1 aliphatic rings. The number of rotatable bonds is 5. The molecular weight excluding hydrogens is 254 g/mol. The Morgan fingerprint density at radius 2 is 2.20 bits per heavy atom. The first-order valence-electron chi connectivity index (χ1n) is 7.27. The second-order valence-electron chi connectivity index (χ2n) is 5.11. The fourth-order valence-electron chi connectivity index (χ4n) is 2.56. The standard InChI is InChI=1S/C15H23N3O2/c1-3-20-15(19)13-4-5-14(17-11-13)18-8-6-12(7-9-18)10-16-2/h4-5,11-12,16H,3,6-10H2,1-2H3. The van der Waals surface area contributed by atoms with E-state index in [4.69, 9.17) is 4.74 Å². The Bertz CT molecular complexity index is 425. The van der Waals surface area contributed by atoms with Gasteiger partial charge in [0, 0.05) is 19.3 Å². The van der Waals surface area contributed by atoms with Crippen LogP contribution in [0.15, 0.2) is 18.3 Å². The molecule has 0 saturated carbocycles. The van der Waals surface area contributed by atoms with Gasteiger partial charge in [-0.3, -0.25) is 0 Å². The van der Waals surface area contributed by atoms with Gasteiger partial charge in [-0.25, -0.2) is 9.78 Å². The van der Waals surface area contributed by atoms with Gasteiger partial charge in [-0.15, -0.1) is 0 Å². The fourth-order valence-corrected chi connectivity index (χ4v) is 2.56. The molecule has 0 atom stereocenters. The summed E-state index contributed by atoms with van der Waals surface area (Å²) in [6.45, 7) is 5.33. The summed E-state index contributed by atoms with van der Waals surface area (Å²) in [7, 11) is 2.00. The molecule has 0 radical (unpaired) electrons. The van der Waals surface area contributed by atoms with Crippen molar-refractivity contribution in [1.82, 2.24) is 10.3 Å². The van der Waals surface area contributed by atoms with Crippen molar-refractivity contribution in [1.29, 1.82) is 0 Å². The van der Waals surface area contributed by atoms with Crippen LogP contribution in [0.25, 0.3) is 0 Å². The lowest BCUT2D eigenvalue weighted by Crippen LogP contribution is -2.37. The van der Waals surface area contributed by atoms with Gasteiger partial charge in [-0.1, -0.05) is 0 Å². The van der Waals surface area contributed by atoms with Gasteiger partial charge < -0.3 is 15.0 Å². The SMILES string of the molecule is CCOC(=O)c1ccc(N2CCC(CNC)CC2)nc1. The van der Waals surface area contributed by atoms with E-state index in [9.17, 15) is 4.79 Å². The molecule has 0 aliphatic carbocycles. The Balaban J connectivity index is 1.92. The predicted molar refractivity (Wildman–Crippen MR) is 79.1 cm³/mol. The number of esters is 1. The van der Waals surface area contributed by atoms with Gasteiger partial charge in [0.25, 0.3) is 0 Å². The number of aromatic nitrogens is 1. The van der Waals surface area contributed by atoms with Crippen LogP contribution in [0.5, 0.6) is 0 Å². The summed E-state index contributed by atoms with van der Waals surface area (Å²) in [6.07, 6.45) is 3.97. The molecule has 0 unspecified atom stereocenters. The van der Waals surface area contributed by atoms with E-state index in [-0.39, 0.29) is 5.97 Å². The summed E-state index contributed by atoms with van der Waals surface area (Å²) >= 11 is 0. The van der Waals surface area contributed by atoms with Crippen molar-refractivity contribution < 1.29 is 9.53 Å². The fraction of sp³-hybridized carbons (Fsp3) is 0.600. The van der Waals surface area contributed by atoms with E-state index in [1.165, 1.54) is 12.8 Å². The van der Waals surface area contributed by atoms with Crippen LogP contribution in [-0.4, -0.2) is 44.2 Å². The number of nitrogens with one attached hydrogen (secondary N) is 1. The highest BCUT2D eigenvalue weighted by Crippen LogP contribution is 2.21. The Morgan fingerprint density at radius 3 is 2.75 bits per heavy atom. The molecule has 1 saturated heterocycles. The third kappa shape index (κ3) is 3.70. The van der Waals surface area contributed by atoms with Gasteiger partial charge in [0.1, 0.15) is 5.82 Å². The highest BCUT2D eigenvalue weighted by atomic mass is 16.5. The second-order valence-corrected chi connectivity index (χ2v) is 5.11. The number of hydrogen-bond donors (Lipinski definition) is 1. The van der Waals surface area contributed by atoms with Gasteiger partial charge in [0.2, 0.25) is 0 Å². The monoisotopic (exact) mass is 277 g/mol. The molecule has 5 nitrogen and oxygen atoms in total. The van der Waals surface area contributed by atoms with Crippen LogP contribution in [0.2, 0.25) is 0 Å². The molecule has 0 spiro atoms. The number of hydrogen-bond acceptors (Lipinski definition) is 5. The Labute approximate surface area is 120 Å². The van der Waals surface area contributed by atoms with Crippen molar-refractivity contribution in [3.63, 3.8) is 0 Å². The van der Waals surface area contributed by atoms with E-state index in [1.54, 1.807) is 19.2 Å². The average Bonchev–Trinajstić information content (AvgIpc) is 2.49. The highest BCUT2D eigenvalue weighted by Gasteiger charge is 2.19. The van der Waals surface area contributed by atoms with Crippen molar-refractivity contribution in [2.75, 3.05) is 38.2 Å². The maximum atomic E-state index is 11.6. The molecule has 1 aromatic heterocycles. The molecule has 0 bridgehead atoms. The number of anilines is 1. The molecule has 2 heterocycles. The zero-order chi connectivity index (χ0) is 14.4. The maximum Gasteiger partial charge on any atom is 0.339 e. The van der Waals surface area contributed by atoms with Gasteiger partial charge in [-0.05, 0) is 51.4 Å². The molecule has 1 aromatic rings. The summed E-state index contributed by atoms with van der Waals surface area (Å²) in [5.74, 6) is 1.40. The van der Waals surface area contributed by atoms with Crippen molar-refractivity contribution in [3.05, 3.63) is 23.9 Å². The quantitative estimate of drug-likeness (QED) is 0.830. The summed E-state index contributed by atoms with van der Waals surface area (Å²) in [5.41, 5.74) is 0.515. The Hall–Kier alpha value is -1.62. The van der Waals surface area contributed by atoms with Crippen LogP contribution in [0.4, 0.5) is 5.82 Å². The lowest BCUT2D eigenvalue weighted by molar-refractivity contribution is 0.0526. The number of pyridine rings is 1. The normalized spacial score (nSPS) is 16.2. The lowest BCUT2D eigenvalue weighted by atomic mass is 9.97. The Morgan fingerprint density at radius 1 is 1.45 bits per heavy atom. The van der Waals surface area contributed by atoms with E-state index in [0.717, 1.165) is 31.4 Å². The Kier molecular flexibility index (Phi) is 5.35. The van der Waals surface area contributed by atoms with Crippen molar-refractivity contribution >= 4 is 11.8 Å². The molecule has 1 fully saturated rings. The highest BCUT2D eigenvalue weighted by molar-refractivity contribution is 5.89. The molecular formula is C15H23N3O2. The minimum atomic E-state index is -0.306. The molecule has 0 amide bonds. The van der Waals surface area contributed by atoms with Crippen LogP contribution >= 0.6 is 0 Å². The van der Waals surface area contributed by atoms with Crippen LogP contribution in [0, 0.1) is 5.92 Å². The molecule has 0 aromatic carbocycles. The third-order valence-corrected chi connectivity index (χ3v) is 3.69. The molecule has 2 rings (SSSR count). The number of nitrogens with zero attached hydrogens (tertiary/aromatic N) is 2. The van der Waals surface area contributed by atoms with Gasteiger partial charge in [0.15, 0.2) is 0 Å². The molecule has 1 N–H and O–H groups in total. The minimum absolute atomic E-state index is 0.306. The van der Waals surface area contributed by atoms with E-state index in [0.29, 0.717) is 12.2 Å². The molecule has 1 aliphatic heterocycles. The number of carbonyl (C=O) groups excluding carboxylic acids is 1. The summed E-state index contributed by atoms with van der Waals surface area (Å²) in [5, 5.41) is 3.24. The van der Waals surface area contributed by atoms with Crippen molar-refractivity contribution in [2.45, 2.75) is 19.8 Å². The topological polar surface area (TPSA) is 54.5 Å². The smallest absolute Gasteiger partial charge is 0.339 e. The van der Waals surface area contributed by atoms with Crippen molar-refractivity contribution in [3.8, 4) is 0 Å². The second kappa shape index (κ2) is 7.24. The molecule has 20 heavy (non-hydrogen) atoms. The maximum absolute atomic E-state index is 11.6. The van der Waals surface area contributed by atoms with Gasteiger partial charge in [-0.2, -0.15) is 0 Å². The zero-order valence-electron chi connectivity index (χ0n) is 12.3. The summed E-state index contributed by atoms with van der Waals surface area (Å²) in [6, 6.07) is 3.70. The number of ether oxygens (including phenoxy) is 1. The van der Waals surface area contributed by atoms with E-state index in [1.807, 2.05) is 13.1 Å².